The predicted molar refractivity (Wildman–Crippen MR) is 121 cm³/mol. The van der Waals surface area contributed by atoms with Crippen LogP contribution in [-0.4, -0.2) is 119 Å². The van der Waals surface area contributed by atoms with E-state index < -0.39 is 10.0 Å². The molecule has 0 spiro atoms. The maximum Gasteiger partial charge on any atom is 0.243 e. The molecule has 0 atom stereocenters. The third-order valence-electron chi connectivity index (χ3n) is 5.65. The van der Waals surface area contributed by atoms with E-state index in [0.717, 1.165) is 26.1 Å². The summed E-state index contributed by atoms with van der Waals surface area (Å²) in [6.45, 7) is 5.20. The fourth-order valence-corrected chi connectivity index (χ4v) is 5.13. The van der Waals surface area contributed by atoms with Crippen LogP contribution in [0.25, 0.3) is 0 Å². The Kier molecular flexibility index (Phi) is 8.60. The van der Waals surface area contributed by atoms with Crippen molar-refractivity contribution in [2.24, 2.45) is 0 Å². The van der Waals surface area contributed by atoms with Gasteiger partial charge in [-0.2, -0.15) is 4.31 Å². The highest BCUT2D eigenvalue weighted by atomic mass is 32.2. The Bertz CT molecular complexity index is 884. The standard InChI is InChI=1S/C21H33N5O5S/c1-23(2)21(28)17-25-9-3-8-24(10-11-25)16-20(27)22-18-4-6-19(7-5-18)32(29,30)26-12-14-31-15-13-26/h4-7H,3,8-17H2,1-2H3,(H,22,27). The zero-order valence-electron chi connectivity index (χ0n) is 18.8. The van der Waals surface area contributed by atoms with Crippen LogP contribution in [0.15, 0.2) is 29.2 Å². The molecule has 1 aromatic rings. The molecule has 0 aliphatic carbocycles. The minimum atomic E-state index is -3.55. The quantitative estimate of drug-likeness (QED) is 0.590. The number of carbonyl (C=O) groups is 2. The fraction of sp³-hybridized carbons (Fsp3) is 0.619. The van der Waals surface area contributed by atoms with E-state index in [-0.39, 0.29) is 23.3 Å². The number of morpholine rings is 1. The van der Waals surface area contributed by atoms with Gasteiger partial charge in [0.15, 0.2) is 0 Å². The number of benzene rings is 1. The molecule has 2 aliphatic rings. The number of amides is 2. The van der Waals surface area contributed by atoms with E-state index in [9.17, 15) is 18.0 Å². The molecular weight excluding hydrogens is 434 g/mol. The van der Waals surface area contributed by atoms with Crippen molar-refractivity contribution in [2.45, 2.75) is 11.3 Å². The van der Waals surface area contributed by atoms with Gasteiger partial charge >= 0.3 is 0 Å². The van der Waals surface area contributed by atoms with Crippen LogP contribution >= 0.6 is 0 Å². The normalized spacial score (nSPS) is 19.3. The van der Waals surface area contributed by atoms with Gasteiger partial charge in [-0.05, 0) is 43.8 Å². The van der Waals surface area contributed by atoms with Gasteiger partial charge in [0.05, 0.1) is 31.2 Å². The summed E-state index contributed by atoms with van der Waals surface area (Å²) in [5, 5.41) is 2.84. The first kappa shape index (κ1) is 24.6. The van der Waals surface area contributed by atoms with Crippen molar-refractivity contribution >= 4 is 27.5 Å². The SMILES string of the molecule is CN(C)C(=O)CN1CCCN(CC(=O)Nc2ccc(S(=O)(=O)N3CCOCC3)cc2)CC1. The van der Waals surface area contributed by atoms with Gasteiger partial charge in [0, 0.05) is 46.0 Å². The second-order valence-corrected chi connectivity index (χ2v) is 10.2. The van der Waals surface area contributed by atoms with Gasteiger partial charge in [-0.3, -0.25) is 19.4 Å². The summed E-state index contributed by atoms with van der Waals surface area (Å²) in [6.07, 6.45) is 0.891. The molecule has 2 saturated heterocycles. The summed E-state index contributed by atoms with van der Waals surface area (Å²) < 4.78 is 32.0. The highest BCUT2D eigenvalue weighted by Crippen LogP contribution is 2.19. The van der Waals surface area contributed by atoms with E-state index in [1.54, 1.807) is 31.1 Å². The van der Waals surface area contributed by atoms with Gasteiger partial charge in [-0.25, -0.2) is 8.42 Å². The van der Waals surface area contributed by atoms with Crippen LogP contribution in [0, 0.1) is 0 Å². The Morgan fingerprint density at radius 2 is 1.53 bits per heavy atom. The van der Waals surface area contributed by atoms with E-state index in [1.165, 1.54) is 16.4 Å². The third kappa shape index (κ3) is 6.72. The van der Waals surface area contributed by atoms with Gasteiger partial charge in [0.2, 0.25) is 21.8 Å². The number of hydrogen-bond donors (Lipinski definition) is 1. The summed E-state index contributed by atoms with van der Waals surface area (Å²) in [6, 6.07) is 6.27. The zero-order chi connectivity index (χ0) is 23.1. The molecule has 1 aromatic carbocycles. The number of likely N-dealkylation sites (N-methyl/N-ethyl adjacent to an activating group) is 1. The smallest absolute Gasteiger partial charge is 0.243 e. The maximum absolute atomic E-state index is 12.7. The van der Waals surface area contributed by atoms with E-state index in [2.05, 4.69) is 15.1 Å². The van der Waals surface area contributed by atoms with Gasteiger partial charge in [-0.1, -0.05) is 0 Å². The van der Waals surface area contributed by atoms with Crippen molar-refractivity contribution in [1.29, 1.82) is 0 Å². The largest absolute Gasteiger partial charge is 0.379 e. The topological polar surface area (TPSA) is 102 Å². The molecule has 11 heteroatoms. The average molecular weight is 468 g/mol. The molecule has 0 unspecified atom stereocenters. The average Bonchev–Trinajstić information content (AvgIpc) is 2.99. The first-order chi connectivity index (χ1) is 15.3. The molecule has 0 aromatic heterocycles. The summed E-state index contributed by atoms with van der Waals surface area (Å²) >= 11 is 0. The van der Waals surface area contributed by atoms with Gasteiger partial charge in [0.1, 0.15) is 0 Å². The van der Waals surface area contributed by atoms with Crippen molar-refractivity contribution in [3.63, 3.8) is 0 Å². The molecule has 32 heavy (non-hydrogen) atoms. The summed E-state index contributed by atoms with van der Waals surface area (Å²) in [5.74, 6) is -0.0677. The number of anilines is 1. The number of carbonyl (C=O) groups excluding carboxylic acids is 2. The second kappa shape index (κ2) is 11.2. The predicted octanol–water partition coefficient (Wildman–Crippen LogP) is -0.258. The third-order valence-corrected chi connectivity index (χ3v) is 7.56. The number of ether oxygens (including phenoxy) is 1. The molecule has 1 N–H and O–H groups in total. The minimum Gasteiger partial charge on any atom is -0.379 e. The van der Waals surface area contributed by atoms with Gasteiger partial charge in [-0.15, -0.1) is 0 Å². The maximum atomic E-state index is 12.7. The molecule has 0 radical (unpaired) electrons. The van der Waals surface area contributed by atoms with E-state index in [0.29, 0.717) is 45.1 Å². The van der Waals surface area contributed by atoms with Crippen LogP contribution in [-0.2, 0) is 24.3 Å². The van der Waals surface area contributed by atoms with Crippen molar-refractivity contribution in [1.82, 2.24) is 19.0 Å². The number of sulfonamides is 1. The Labute approximate surface area is 190 Å². The monoisotopic (exact) mass is 467 g/mol. The Morgan fingerprint density at radius 1 is 0.938 bits per heavy atom. The molecule has 2 aliphatic heterocycles. The molecule has 178 valence electrons. The molecule has 3 rings (SSSR count). The summed E-state index contributed by atoms with van der Waals surface area (Å²) in [7, 11) is -0.0499. The van der Waals surface area contributed by atoms with Crippen molar-refractivity contribution in [2.75, 3.05) is 85.0 Å². The first-order valence-electron chi connectivity index (χ1n) is 10.9. The molecule has 2 fully saturated rings. The molecule has 0 saturated carbocycles. The van der Waals surface area contributed by atoms with Crippen LogP contribution in [0.5, 0.6) is 0 Å². The summed E-state index contributed by atoms with van der Waals surface area (Å²) in [4.78, 5) is 30.4. The van der Waals surface area contributed by atoms with Gasteiger partial charge < -0.3 is 15.0 Å². The number of rotatable bonds is 7. The van der Waals surface area contributed by atoms with Crippen LogP contribution in [0.4, 0.5) is 5.69 Å². The highest BCUT2D eigenvalue weighted by molar-refractivity contribution is 7.89. The lowest BCUT2D eigenvalue weighted by molar-refractivity contribution is -0.129. The van der Waals surface area contributed by atoms with E-state index >= 15 is 0 Å². The van der Waals surface area contributed by atoms with Crippen molar-refractivity contribution in [3.8, 4) is 0 Å². The Balaban J connectivity index is 1.49. The minimum absolute atomic E-state index is 0.0790. The van der Waals surface area contributed by atoms with Crippen LogP contribution in [0.2, 0.25) is 0 Å². The van der Waals surface area contributed by atoms with Crippen LogP contribution in [0.1, 0.15) is 6.42 Å². The Hall–Kier alpha value is -2.05. The second-order valence-electron chi connectivity index (χ2n) is 8.28. The van der Waals surface area contributed by atoms with E-state index in [4.69, 9.17) is 4.74 Å². The lowest BCUT2D eigenvalue weighted by Gasteiger charge is -2.26. The zero-order valence-corrected chi connectivity index (χ0v) is 19.6. The van der Waals surface area contributed by atoms with Crippen molar-refractivity contribution < 1.29 is 22.7 Å². The fourth-order valence-electron chi connectivity index (χ4n) is 3.72. The van der Waals surface area contributed by atoms with E-state index in [1.807, 2.05) is 0 Å². The van der Waals surface area contributed by atoms with Gasteiger partial charge in [0.25, 0.3) is 0 Å². The molecule has 2 heterocycles. The first-order valence-corrected chi connectivity index (χ1v) is 12.3. The van der Waals surface area contributed by atoms with Crippen molar-refractivity contribution in [3.05, 3.63) is 24.3 Å². The molecule has 2 amide bonds. The lowest BCUT2D eigenvalue weighted by Crippen LogP contribution is -2.40. The molecule has 0 bridgehead atoms. The van der Waals surface area contributed by atoms with Crippen LogP contribution in [0.3, 0.4) is 0 Å². The summed E-state index contributed by atoms with van der Waals surface area (Å²) in [5.41, 5.74) is 0.559. The molecular formula is C21H33N5O5S. The molecule has 10 nitrogen and oxygen atoms in total. The highest BCUT2D eigenvalue weighted by Gasteiger charge is 2.26. The number of nitrogens with zero attached hydrogens (tertiary/aromatic N) is 4. The number of nitrogens with one attached hydrogen (secondary N) is 1. The number of hydrogen-bond acceptors (Lipinski definition) is 7. The van der Waals surface area contributed by atoms with Crippen LogP contribution < -0.4 is 5.32 Å². The lowest BCUT2D eigenvalue weighted by atomic mass is 10.3. The Morgan fingerprint density at radius 3 is 2.12 bits per heavy atom.